The average molecular weight is 414 g/mol. The monoisotopic (exact) mass is 413 g/mol. The van der Waals surface area contributed by atoms with Gasteiger partial charge in [-0.1, -0.05) is 77.2 Å². The van der Waals surface area contributed by atoms with Gasteiger partial charge < -0.3 is 9.45 Å². The Kier molecular flexibility index (Phi) is 21.3. The molecule has 0 aromatic heterocycles. The first-order valence-electron chi connectivity index (χ1n) is 9.72. The van der Waals surface area contributed by atoms with E-state index in [4.69, 9.17) is 0 Å². The van der Waals surface area contributed by atoms with Gasteiger partial charge in [-0.15, -0.1) is 0 Å². The molecular weight excluding hydrogens is 377 g/mol. The molecule has 0 N–H and O–H groups in total. The van der Waals surface area contributed by atoms with E-state index in [2.05, 4.69) is 6.92 Å². The van der Waals surface area contributed by atoms with Crippen LogP contribution in [-0.2, 0) is 14.9 Å². The van der Waals surface area contributed by atoms with Crippen LogP contribution in [0.3, 0.4) is 0 Å². The molecule has 5 nitrogen and oxygen atoms in total. The Bertz CT molecular complexity index is 466. The van der Waals surface area contributed by atoms with Crippen LogP contribution >= 0.6 is 0 Å². The smallest absolute Gasteiger partial charge is 0.748 e. The molecule has 0 heterocycles. The number of unbranched alkanes of at least 4 members (excludes halogenated alkanes) is 11. The number of hydrogen-bond donors (Lipinski definition) is 0. The Morgan fingerprint density at radius 2 is 1.38 bits per heavy atom. The summed E-state index contributed by atoms with van der Waals surface area (Å²) < 4.78 is 31.6. The standard InChI is InChI=1S/C19H37NO4S.K/c1-3-4-5-6-7-8-9-10-11-12-13-14-15-16-19(21)20(2)17-18-25(22,23)24;/h15-16H,3-14,17-18H2,1-2H3,(H,22,23,24);/q;+1/p-1/b16-15+;. The Labute approximate surface area is 203 Å². The van der Waals surface area contributed by atoms with E-state index in [9.17, 15) is 17.8 Å². The van der Waals surface area contributed by atoms with Crippen LogP contribution in [-0.4, -0.2) is 43.1 Å². The molecule has 0 saturated carbocycles. The van der Waals surface area contributed by atoms with Crippen molar-refractivity contribution >= 4 is 16.0 Å². The number of carbonyl (C=O) groups excluding carboxylic acids is 1. The Balaban J connectivity index is 0. The van der Waals surface area contributed by atoms with Gasteiger partial charge in [0.25, 0.3) is 0 Å². The third kappa shape index (κ3) is 21.1. The quantitative estimate of drug-likeness (QED) is 0.165. The van der Waals surface area contributed by atoms with E-state index in [-0.39, 0.29) is 63.8 Å². The van der Waals surface area contributed by atoms with E-state index in [0.717, 1.165) is 12.8 Å². The van der Waals surface area contributed by atoms with Gasteiger partial charge in [0.05, 0.1) is 15.9 Å². The molecule has 0 radical (unpaired) electrons. The first-order valence-corrected chi connectivity index (χ1v) is 11.3. The van der Waals surface area contributed by atoms with Crippen LogP contribution in [0.1, 0.15) is 84.0 Å². The molecule has 0 atom stereocenters. The van der Waals surface area contributed by atoms with E-state index in [1.54, 1.807) is 0 Å². The van der Waals surface area contributed by atoms with Crippen molar-refractivity contribution in [2.45, 2.75) is 84.0 Å². The molecule has 7 heteroatoms. The second-order valence-electron chi connectivity index (χ2n) is 6.75. The SMILES string of the molecule is CCCCCCCCCCCCC/C=C/C(=O)N(C)CCS(=O)(=O)[O-].[K+]. The molecule has 0 aliphatic heterocycles. The maximum absolute atomic E-state index is 11.7. The fraction of sp³-hybridized carbons (Fsp3) is 0.842. The van der Waals surface area contributed by atoms with Gasteiger partial charge in [-0.05, 0) is 18.9 Å². The zero-order chi connectivity index (χ0) is 19.0. The molecule has 148 valence electrons. The summed E-state index contributed by atoms with van der Waals surface area (Å²) >= 11 is 0. The van der Waals surface area contributed by atoms with Gasteiger partial charge in [0.2, 0.25) is 5.91 Å². The zero-order valence-corrected chi connectivity index (χ0v) is 21.0. The van der Waals surface area contributed by atoms with Crippen LogP contribution in [0.2, 0.25) is 0 Å². The maximum Gasteiger partial charge on any atom is 1.00 e. The normalized spacial score (nSPS) is 11.5. The molecule has 0 aliphatic carbocycles. The molecule has 0 aromatic rings. The molecule has 0 bridgehead atoms. The van der Waals surface area contributed by atoms with Gasteiger partial charge in [0.15, 0.2) is 0 Å². The van der Waals surface area contributed by atoms with Gasteiger partial charge in [-0.2, -0.15) is 0 Å². The van der Waals surface area contributed by atoms with Crippen molar-refractivity contribution < 1.29 is 69.1 Å². The van der Waals surface area contributed by atoms with Crippen LogP contribution < -0.4 is 51.4 Å². The second kappa shape index (κ2) is 19.1. The van der Waals surface area contributed by atoms with E-state index in [1.807, 2.05) is 6.08 Å². The molecule has 1 amide bonds. The number of hydrogen-bond acceptors (Lipinski definition) is 4. The number of allylic oxidation sites excluding steroid dienone is 1. The Morgan fingerprint density at radius 3 is 1.85 bits per heavy atom. The molecular formula is C19H36KNO4S. The summed E-state index contributed by atoms with van der Waals surface area (Å²) in [6.45, 7) is 2.18. The predicted octanol–water partition coefficient (Wildman–Crippen LogP) is 1.25. The van der Waals surface area contributed by atoms with Crippen molar-refractivity contribution in [1.29, 1.82) is 0 Å². The van der Waals surface area contributed by atoms with Crippen LogP contribution in [0.15, 0.2) is 12.2 Å². The maximum atomic E-state index is 11.7. The third-order valence-electron chi connectivity index (χ3n) is 4.29. The van der Waals surface area contributed by atoms with Crippen LogP contribution in [0.4, 0.5) is 0 Å². The zero-order valence-electron chi connectivity index (χ0n) is 17.0. The molecule has 0 unspecified atom stereocenters. The van der Waals surface area contributed by atoms with Crippen molar-refractivity contribution in [3.05, 3.63) is 12.2 Å². The van der Waals surface area contributed by atoms with Crippen LogP contribution in [0.25, 0.3) is 0 Å². The number of likely N-dealkylation sites (N-methyl/N-ethyl adjacent to an activating group) is 1. The minimum atomic E-state index is -4.27. The topological polar surface area (TPSA) is 77.5 Å². The average Bonchev–Trinajstić information content (AvgIpc) is 2.56. The largest absolute Gasteiger partial charge is 1.00 e. The number of carbonyl (C=O) groups is 1. The third-order valence-corrected chi connectivity index (χ3v) is 4.97. The fourth-order valence-electron chi connectivity index (χ4n) is 2.60. The predicted molar refractivity (Wildman–Crippen MR) is 102 cm³/mol. The molecule has 26 heavy (non-hydrogen) atoms. The van der Waals surface area contributed by atoms with Gasteiger partial charge in [-0.3, -0.25) is 4.79 Å². The van der Waals surface area contributed by atoms with E-state index >= 15 is 0 Å². The summed E-state index contributed by atoms with van der Waals surface area (Å²) in [6.07, 6.45) is 18.4. The molecule has 0 spiro atoms. The Hall–Kier alpha value is 0.756. The molecule has 0 aromatic carbocycles. The minimum Gasteiger partial charge on any atom is -0.748 e. The minimum absolute atomic E-state index is 0. The first kappa shape index (κ1) is 29.0. The second-order valence-corrected chi connectivity index (χ2v) is 8.27. The van der Waals surface area contributed by atoms with E-state index < -0.39 is 15.9 Å². The fourth-order valence-corrected chi connectivity index (χ4v) is 3.09. The summed E-state index contributed by atoms with van der Waals surface area (Å²) in [7, 11) is -2.77. The first-order chi connectivity index (χ1) is 11.9. The van der Waals surface area contributed by atoms with E-state index in [0.29, 0.717) is 0 Å². The molecule has 0 rings (SSSR count). The van der Waals surface area contributed by atoms with Crippen molar-refractivity contribution in [1.82, 2.24) is 4.90 Å². The Morgan fingerprint density at radius 1 is 0.923 bits per heavy atom. The molecule has 0 saturated heterocycles. The van der Waals surface area contributed by atoms with Crippen molar-refractivity contribution in [3.63, 3.8) is 0 Å². The summed E-state index contributed by atoms with van der Waals surface area (Å²) in [5, 5.41) is 0. The van der Waals surface area contributed by atoms with Crippen LogP contribution in [0, 0.1) is 0 Å². The van der Waals surface area contributed by atoms with Crippen molar-refractivity contribution in [2.75, 3.05) is 19.3 Å². The van der Waals surface area contributed by atoms with Gasteiger partial charge in [0.1, 0.15) is 0 Å². The number of nitrogens with zero attached hydrogens (tertiary/aromatic N) is 1. The van der Waals surface area contributed by atoms with Crippen molar-refractivity contribution in [3.8, 4) is 0 Å². The summed E-state index contributed by atoms with van der Waals surface area (Å²) in [4.78, 5) is 13.0. The number of amides is 1. The van der Waals surface area contributed by atoms with Crippen LogP contribution in [0.5, 0.6) is 0 Å². The van der Waals surface area contributed by atoms with Gasteiger partial charge >= 0.3 is 51.4 Å². The van der Waals surface area contributed by atoms with Crippen molar-refractivity contribution in [2.24, 2.45) is 0 Å². The number of rotatable bonds is 16. The van der Waals surface area contributed by atoms with Gasteiger partial charge in [-0.25, -0.2) is 8.42 Å². The molecule has 0 fully saturated rings. The molecule has 0 aliphatic rings. The van der Waals surface area contributed by atoms with E-state index in [1.165, 1.54) is 82.2 Å². The summed E-state index contributed by atoms with van der Waals surface area (Å²) in [5.74, 6) is -0.798. The van der Waals surface area contributed by atoms with Gasteiger partial charge in [0, 0.05) is 13.6 Å². The summed E-state index contributed by atoms with van der Waals surface area (Å²) in [5.41, 5.74) is 0. The summed E-state index contributed by atoms with van der Waals surface area (Å²) in [6, 6.07) is 0.